The van der Waals surface area contributed by atoms with Crippen LogP contribution >= 0.6 is 0 Å². The van der Waals surface area contributed by atoms with Gasteiger partial charge in [-0.2, -0.15) is 0 Å². The largest absolute Gasteiger partial charge is 0.496 e. The number of piperidine rings is 1. The molecule has 2 aromatic rings. The van der Waals surface area contributed by atoms with E-state index in [0.717, 1.165) is 85.9 Å². The molecule has 2 N–H and O–H groups in total. The Hall–Kier alpha value is -3.08. The van der Waals surface area contributed by atoms with E-state index in [2.05, 4.69) is 15.5 Å². The van der Waals surface area contributed by atoms with Crippen LogP contribution in [0, 0.1) is 0 Å². The first kappa shape index (κ1) is 26.5. The minimum atomic E-state index is -0.175. The van der Waals surface area contributed by atoms with Crippen LogP contribution in [-0.2, 0) is 31.3 Å². The van der Waals surface area contributed by atoms with Gasteiger partial charge in [0.15, 0.2) is 0 Å². The van der Waals surface area contributed by atoms with Gasteiger partial charge in [-0.25, -0.2) is 4.79 Å². The van der Waals surface area contributed by atoms with E-state index in [4.69, 9.17) is 14.2 Å². The monoisotopic (exact) mass is 525 g/mol. The maximum atomic E-state index is 13.0. The van der Waals surface area contributed by atoms with Gasteiger partial charge in [-0.05, 0) is 42.5 Å². The second-order valence-corrected chi connectivity index (χ2v) is 10.5. The number of methoxy groups -OCH3 is 2. The van der Waals surface area contributed by atoms with Gasteiger partial charge < -0.3 is 34.3 Å². The SMILES string of the molecule is CNC(=O)N1CCc2c(-c3cc(OC)c(CN4CCC5(CC4)CNCCO5)c(OC)c3)cn(C)c(=O)c2C1. The number of benzene rings is 1. The number of nitrogens with one attached hydrogen (secondary N) is 2. The Kier molecular flexibility index (Phi) is 7.65. The lowest BCUT2D eigenvalue weighted by Gasteiger charge is -2.44. The first-order valence-corrected chi connectivity index (χ1v) is 13.4. The number of ether oxygens (including phenoxy) is 3. The number of hydrogen-bond donors (Lipinski definition) is 2. The van der Waals surface area contributed by atoms with Crippen molar-refractivity contribution in [2.24, 2.45) is 7.05 Å². The highest BCUT2D eigenvalue weighted by Crippen LogP contribution is 2.39. The summed E-state index contributed by atoms with van der Waals surface area (Å²) in [4.78, 5) is 29.4. The highest BCUT2D eigenvalue weighted by Gasteiger charge is 2.37. The Balaban J connectivity index is 1.44. The van der Waals surface area contributed by atoms with E-state index in [0.29, 0.717) is 18.5 Å². The number of carbonyl (C=O) groups excluding carboxylic acids is 1. The molecule has 2 saturated heterocycles. The lowest BCUT2D eigenvalue weighted by Crippen LogP contribution is -2.55. The number of aromatic nitrogens is 1. The van der Waals surface area contributed by atoms with Crippen molar-refractivity contribution in [3.8, 4) is 22.6 Å². The minimum Gasteiger partial charge on any atom is -0.496 e. The zero-order valence-corrected chi connectivity index (χ0v) is 22.9. The molecule has 4 heterocycles. The molecule has 0 aliphatic carbocycles. The molecule has 5 rings (SSSR count). The summed E-state index contributed by atoms with van der Waals surface area (Å²) in [6.45, 7) is 6.10. The Morgan fingerprint density at radius 2 is 1.84 bits per heavy atom. The molecule has 0 unspecified atom stereocenters. The molecule has 0 atom stereocenters. The average molecular weight is 526 g/mol. The number of urea groups is 1. The molecule has 3 aliphatic rings. The number of fused-ring (bicyclic) bond motifs is 1. The smallest absolute Gasteiger partial charge is 0.317 e. The normalized spacial score (nSPS) is 19.2. The molecule has 1 spiro atoms. The fraction of sp³-hybridized carbons (Fsp3) is 0.571. The van der Waals surface area contributed by atoms with E-state index in [9.17, 15) is 9.59 Å². The predicted octanol–water partition coefficient (Wildman–Crippen LogP) is 1.72. The van der Waals surface area contributed by atoms with Crippen LogP contribution in [0.1, 0.15) is 29.5 Å². The Morgan fingerprint density at radius 3 is 2.45 bits per heavy atom. The van der Waals surface area contributed by atoms with Gasteiger partial charge in [-0.3, -0.25) is 9.69 Å². The van der Waals surface area contributed by atoms with Gasteiger partial charge in [-0.15, -0.1) is 0 Å². The molecule has 206 valence electrons. The third-order valence-corrected chi connectivity index (χ3v) is 8.27. The third-order valence-electron chi connectivity index (χ3n) is 8.27. The fourth-order valence-corrected chi connectivity index (χ4v) is 6.05. The van der Waals surface area contributed by atoms with E-state index in [1.54, 1.807) is 37.8 Å². The quantitative estimate of drug-likeness (QED) is 0.614. The van der Waals surface area contributed by atoms with Crippen LogP contribution < -0.4 is 25.7 Å². The first-order valence-electron chi connectivity index (χ1n) is 13.4. The van der Waals surface area contributed by atoms with E-state index in [-0.39, 0.29) is 23.7 Å². The highest BCUT2D eigenvalue weighted by atomic mass is 16.5. The lowest BCUT2D eigenvalue weighted by molar-refractivity contribution is -0.101. The van der Waals surface area contributed by atoms with Crippen molar-refractivity contribution in [3.63, 3.8) is 0 Å². The molecule has 10 heteroatoms. The molecule has 38 heavy (non-hydrogen) atoms. The summed E-state index contributed by atoms with van der Waals surface area (Å²) >= 11 is 0. The van der Waals surface area contributed by atoms with Crippen molar-refractivity contribution in [2.75, 3.05) is 60.6 Å². The summed E-state index contributed by atoms with van der Waals surface area (Å²) < 4.78 is 19.5. The molecule has 3 aliphatic heterocycles. The highest BCUT2D eigenvalue weighted by molar-refractivity contribution is 5.76. The van der Waals surface area contributed by atoms with Gasteiger partial charge >= 0.3 is 6.03 Å². The van der Waals surface area contributed by atoms with Crippen LogP contribution in [0.3, 0.4) is 0 Å². The predicted molar refractivity (Wildman–Crippen MR) is 145 cm³/mol. The topological polar surface area (TPSA) is 97.3 Å². The second kappa shape index (κ2) is 11.0. The van der Waals surface area contributed by atoms with E-state index < -0.39 is 0 Å². The lowest BCUT2D eigenvalue weighted by atomic mass is 9.89. The van der Waals surface area contributed by atoms with Gasteiger partial charge in [0.2, 0.25) is 0 Å². The number of nitrogens with zero attached hydrogens (tertiary/aromatic N) is 3. The number of aryl methyl sites for hydroxylation is 1. The van der Waals surface area contributed by atoms with Crippen LogP contribution in [-0.4, -0.2) is 86.6 Å². The summed E-state index contributed by atoms with van der Waals surface area (Å²) in [5.74, 6) is 1.53. The number of amides is 2. The van der Waals surface area contributed by atoms with Crippen LogP contribution in [0.2, 0.25) is 0 Å². The van der Waals surface area contributed by atoms with E-state index in [1.807, 2.05) is 18.3 Å². The van der Waals surface area contributed by atoms with Crippen LogP contribution in [0.4, 0.5) is 4.79 Å². The van der Waals surface area contributed by atoms with Gasteiger partial charge in [-0.1, -0.05) is 0 Å². The molecule has 1 aromatic carbocycles. The molecule has 0 radical (unpaired) electrons. The minimum absolute atomic E-state index is 0.0392. The first-order chi connectivity index (χ1) is 18.4. The standard InChI is InChI=1S/C28H39N5O5/c1-29-27(35)33-9-5-20-21(15-31(2)26(34)22(20)17-33)19-13-24(36-3)23(25(14-19)37-4)16-32-10-6-28(7-11-32)18-30-8-12-38-28/h13-15,30H,5-12,16-18H2,1-4H3,(H,29,35). The number of carbonyl (C=O) groups is 1. The van der Waals surface area contributed by atoms with E-state index >= 15 is 0 Å². The molecule has 2 amide bonds. The summed E-state index contributed by atoms with van der Waals surface area (Å²) in [6, 6.07) is 3.91. The van der Waals surface area contributed by atoms with Crippen molar-refractivity contribution >= 4 is 6.03 Å². The zero-order valence-electron chi connectivity index (χ0n) is 22.9. The number of likely N-dealkylation sites (tertiary alicyclic amines) is 1. The number of morpholine rings is 1. The molecule has 0 bridgehead atoms. The van der Waals surface area contributed by atoms with Crippen molar-refractivity contribution in [2.45, 2.75) is 38.0 Å². The molecular weight excluding hydrogens is 486 g/mol. The number of pyridine rings is 1. The molecule has 1 aromatic heterocycles. The van der Waals surface area contributed by atoms with Gasteiger partial charge in [0.05, 0.1) is 38.5 Å². The molecular formula is C28H39N5O5. The van der Waals surface area contributed by atoms with Gasteiger partial charge in [0.25, 0.3) is 5.56 Å². The molecule has 10 nitrogen and oxygen atoms in total. The van der Waals surface area contributed by atoms with Crippen molar-refractivity contribution in [3.05, 3.63) is 45.4 Å². The maximum Gasteiger partial charge on any atom is 0.317 e. The number of rotatable bonds is 5. The number of hydrogen-bond acceptors (Lipinski definition) is 7. The van der Waals surface area contributed by atoms with Crippen LogP contribution in [0.5, 0.6) is 11.5 Å². The van der Waals surface area contributed by atoms with Crippen LogP contribution in [0.25, 0.3) is 11.1 Å². The summed E-state index contributed by atoms with van der Waals surface area (Å²) in [6.07, 6.45) is 4.49. The van der Waals surface area contributed by atoms with Crippen molar-refractivity contribution in [1.29, 1.82) is 0 Å². The van der Waals surface area contributed by atoms with Gasteiger partial charge in [0.1, 0.15) is 11.5 Å². The van der Waals surface area contributed by atoms with Gasteiger partial charge in [0, 0.05) is 70.7 Å². The summed E-state index contributed by atoms with van der Waals surface area (Å²) in [5, 5.41) is 6.14. The molecule has 2 fully saturated rings. The Bertz CT molecular complexity index is 1220. The van der Waals surface area contributed by atoms with Crippen LogP contribution in [0.15, 0.2) is 23.1 Å². The zero-order chi connectivity index (χ0) is 26.9. The van der Waals surface area contributed by atoms with Crippen molar-refractivity contribution in [1.82, 2.24) is 25.0 Å². The van der Waals surface area contributed by atoms with E-state index in [1.165, 1.54) is 0 Å². The summed E-state index contributed by atoms with van der Waals surface area (Å²) in [7, 11) is 6.73. The average Bonchev–Trinajstić information content (AvgIpc) is 2.96. The molecule has 0 saturated carbocycles. The summed E-state index contributed by atoms with van der Waals surface area (Å²) in [5.41, 5.74) is 4.43. The Labute approximate surface area is 223 Å². The fourth-order valence-electron chi connectivity index (χ4n) is 6.05. The second-order valence-electron chi connectivity index (χ2n) is 10.5. The Morgan fingerprint density at radius 1 is 1.13 bits per heavy atom. The van der Waals surface area contributed by atoms with Crippen molar-refractivity contribution < 1.29 is 19.0 Å². The third kappa shape index (κ3) is 5.00. The maximum absolute atomic E-state index is 13.0.